The van der Waals surface area contributed by atoms with Crippen molar-refractivity contribution in [1.82, 2.24) is 4.98 Å². The second kappa shape index (κ2) is 6.23. The van der Waals surface area contributed by atoms with Gasteiger partial charge in [0, 0.05) is 17.3 Å². The zero-order valence-corrected chi connectivity index (χ0v) is 12.3. The molecule has 0 aromatic carbocycles. The van der Waals surface area contributed by atoms with Crippen molar-refractivity contribution >= 4 is 17.5 Å². The van der Waals surface area contributed by atoms with Gasteiger partial charge < -0.3 is 5.73 Å². The van der Waals surface area contributed by atoms with Crippen molar-refractivity contribution in [2.75, 3.05) is 5.73 Å². The van der Waals surface area contributed by atoms with Crippen molar-refractivity contribution < 1.29 is 0 Å². The number of anilines is 1. The molecule has 1 aliphatic carbocycles. The minimum atomic E-state index is 0.573. The summed E-state index contributed by atoms with van der Waals surface area (Å²) in [7, 11) is 0. The van der Waals surface area contributed by atoms with E-state index in [1.165, 1.54) is 0 Å². The van der Waals surface area contributed by atoms with Gasteiger partial charge in [0.25, 0.3) is 0 Å². The summed E-state index contributed by atoms with van der Waals surface area (Å²) in [4.78, 5) is 4.33. The minimum Gasteiger partial charge on any atom is -0.383 e. The van der Waals surface area contributed by atoms with Gasteiger partial charge in [0.15, 0.2) is 0 Å². The standard InChI is InChI=1S/C18H20N2/c1-4-9-16-14(3)17(12-20-18(16)19)15-11-8-6-5-7-10-13(15)2/h4,6-9,11-12H,5H2,1-3H3,(H2,19,20)/b8-6?,9-4-,15-11?. The van der Waals surface area contributed by atoms with Crippen LogP contribution in [0.2, 0.25) is 0 Å². The number of rotatable bonds is 2. The second-order valence-electron chi connectivity index (χ2n) is 4.81. The Morgan fingerprint density at radius 1 is 1.35 bits per heavy atom. The number of pyridine rings is 1. The fourth-order valence-electron chi connectivity index (χ4n) is 2.30. The molecule has 2 nitrogen and oxygen atoms in total. The summed E-state index contributed by atoms with van der Waals surface area (Å²) in [5.41, 5.74) is 14.8. The summed E-state index contributed by atoms with van der Waals surface area (Å²) in [5.74, 6) is 0.573. The van der Waals surface area contributed by atoms with E-state index in [1.54, 1.807) is 0 Å². The molecule has 0 bridgehead atoms. The Morgan fingerprint density at radius 2 is 2.15 bits per heavy atom. The lowest BCUT2D eigenvalue weighted by Crippen LogP contribution is -2.01. The van der Waals surface area contributed by atoms with Gasteiger partial charge in [-0.2, -0.15) is 0 Å². The Balaban J connectivity index is 2.64. The summed E-state index contributed by atoms with van der Waals surface area (Å²) in [6.45, 7) is 6.15. The van der Waals surface area contributed by atoms with Gasteiger partial charge in [0.2, 0.25) is 0 Å². The molecule has 0 radical (unpaired) electrons. The maximum Gasteiger partial charge on any atom is 0.130 e. The van der Waals surface area contributed by atoms with E-state index in [0.717, 1.165) is 34.3 Å². The van der Waals surface area contributed by atoms with Gasteiger partial charge in [-0.1, -0.05) is 30.4 Å². The van der Waals surface area contributed by atoms with Crippen LogP contribution in [0, 0.1) is 6.92 Å². The third kappa shape index (κ3) is 2.81. The number of nitrogen functional groups attached to an aromatic ring is 1. The topological polar surface area (TPSA) is 38.9 Å². The number of allylic oxidation sites excluding steroid dienone is 6. The van der Waals surface area contributed by atoms with Crippen LogP contribution in [0.3, 0.4) is 0 Å². The largest absolute Gasteiger partial charge is 0.383 e. The Labute approximate surface area is 120 Å². The fourth-order valence-corrected chi connectivity index (χ4v) is 2.30. The maximum absolute atomic E-state index is 5.97. The van der Waals surface area contributed by atoms with Gasteiger partial charge in [-0.15, -0.1) is 5.73 Å². The van der Waals surface area contributed by atoms with Gasteiger partial charge in [0.05, 0.1) is 0 Å². The molecule has 0 aliphatic heterocycles. The minimum absolute atomic E-state index is 0.573. The van der Waals surface area contributed by atoms with Crippen molar-refractivity contribution in [3.63, 3.8) is 0 Å². The van der Waals surface area contributed by atoms with Gasteiger partial charge in [-0.3, -0.25) is 0 Å². The van der Waals surface area contributed by atoms with E-state index in [9.17, 15) is 0 Å². The lowest BCUT2D eigenvalue weighted by atomic mass is 9.93. The normalized spacial score (nSPS) is 14.9. The van der Waals surface area contributed by atoms with Crippen LogP contribution in [0.25, 0.3) is 11.6 Å². The first kappa shape index (κ1) is 14.1. The summed E-state index contributed by atoms with van der Waals surface area (Å²) in [6.07, 6.45) is 15.1. The van der Waals surface area contributed by atoms with E-state index in [1.807, 2.05) is 31.3 Å². The van der Waals surface area contributed by atoms with E-state index in [-0.39, 0.29) is 0 Å². The van der Waals surface area contributed by atoms with Crippen LogP contribution < -0.4 is 5.73 Å². The molecule has 0 fully saturated rings. The molecule has 20 heavy (non-hydrogen) atoms. The van der Waals surface area contributed by atoms with Gasteiger partial charge in [0.1, 0.15) is 5.82 Å². The highest BCUT2D eigenvalue weighted by Crippen LogP contribution is 2.29. The molecule has 0 saturated heterocycles. The van der Waals surface area contributed by atoms with Crippen molar-refractivity contribution in [1.29, 1.82) is 0 Å². The second-order valence-corrected chi connectivity index (χ2v) is 4.81. The summed E-state index contributed by atoms with van der Waals surface area (Å²) < 4.78 is 0. The Kier molecular flexibility index (Phi) is 4.39. The van der Waals surface area contributed by atoms with Crippen molar-refractivity contribution in [3.8, 4) is 0 Å². The highest BCUT2D eigenvalue weighted by Gasteiger charge is 2.12. The number of hydrogen-bond acceptors (Lipinski definition) is 2. The summed E-state index contributed by atoms with van der Waals surface area (Å²) in [5, 5.41) is 0. The SMILES string of the molecule is C/C=C\c1c(N)ncc(C2=CC=CCC=C=C2C)c1C. The molecular weight excluding hydrogens is 244 g/mol. The first-order chi connectivity index (χ1) is 9.65. The Bertz CT molecular complexity index is 667. The zero-order chi connectivity index (χ0) is 14.5. The van der Waals surface area contributed by atoms with Crippen LogP contribution in [0.4, 0.5) is 5.82 Å². The average molecular weight is 264 g/mol. The predicted octanol–water partition coefficient (Wildman–Crippen LogP) is 4.45. The molecule has 2 heteroatoms. The monoisotopic (exact) mass is 264 g/mol. The highest BCUT2D eigenvalue weighted by atomic mass is 14.8. The van der Waals surface area contributed by atoms with Crippen LogP contribution in [0.1, 0.15) is 37.0 Å². The molecule has 1 aliphatic rings. The third-order valence-electron chi connectivity index (χ3n) is 3.42. The third-order valence-corrected chi connectivity index (χ3v) is 3.42. The van der Waals surface area contributed by atoms with Crippen molar-refractivity contribution in [2.24, 2.45) is 0 Å². The molecule has 1 aromatic rings. The molecule has 0 spiro atoms. The number of nitrogens with two attached hydrogens (primary N) is 1. The van der Waals surface area contributed by atoms with Crippen molar-refractivity contribution in [3.05, 3.63) is 64.6 Å². The molecule has 102 valence electrons. The van der Waals surface area contributed by atoms with E-state index in [0.29, 0.717) is 5.82 Å². The van der Waals surface area contributed by atoms with Crippen molar-refractivity contribution in [2.45, 2.75) is 27.2 Å². The lowest BCUT2D eigenvalue weighted by Gasteiger charge is -2.14. The van der Waals surface area contributed by atoms with E-state index < -0.39 is 0 Å². The van der Waals surface area contributed by atoms with Crippen LogP contribution in [-0.2, 0) is 0 Å². The van der Waals surface area contributed by atoms with Crippen LogP contribution >= 0.6 is 0 Å². The summed E-state index contributed by atoms with van der Waals surface area (Å²) >= 11 is 0. The van der Waals surface area contributed by atoms with E-state index in [4.69, 9.17) is 5.73 Å². The number of hydrogen-bond donors (Lipinski definition) is 1. The van der Waals surface area contributed by atoms with Gasteiger partial charge in [-0.05, 0) is 50.0 Å². The van der Waals surface area contributed by atoms with Crippen LogP contribution in [0.15, 0.2) is 47.9 Å². The quantitative estimate of drug-likeness (QED) is 0.801. The molecule has 1 aromatic heterocycles. The molecule has 0 unspecified atom stereocenters. The zero-order valence-electron chi connectivity index (χ0n) is 12.3. The van der Waals surface area contributed by atoms with Gasteiger partial charge in [-0.25, -0.2) is 4.98 Å². The number of nitrogens with zero attached hydrogens (tertiary/aromatic N) is 1. The van der Waals surface area contributed by atoms with E-state index >= 15 is 0 Å². The molecule has 1 heterocycles. The molecule has 0 saturated carbocycles. The first-order valence-electron chi connectivity index (χ1n) is 6.82. The molecule has 2 rings (SSSR count). The highest BCUT2D eigenvalue weighted by molar-refractivity contribution is 5.83. The summed E-state index contributed by atoms with van der Waals surface area (Å²) in [6, 6.07) is 0. The Hall–Kier alpha value is -2.31. The van der Waals surface area contributed by atoms with Crippen LogP contribution in [-0.4, -0.2) is 4.98 Å². The predicted molar refractivity (Wildman–Crippen MR) is 87.1 cm³/mol. The van der Waals surface area contributed by atoms with Crippen LogP contribution in [0.5, 0.6) is 0 Å². The first-order valence-corrected chi connectivity index (χ1v) is 6.82. The molecule has 0 amide bonds. The van der Waals surface area contributed by atoms with E-state index in [2.05, 4.69) is 42.8 Å². The molecule has 0 atom stereocenters. The molecular formula is C18H20N2. The number of aromatic nitrogens is 1. The maximum atomic E-state index is 5.97. The van der Waals surface area contributed by atoms with Gasteiger partial charge >= 0.3 is 0 Å². The lowest BCUT2D eigenvalue weighted by molar-refractivity contribution is 1.25. The fraction of sp³-hybridized carbons (Fsp3) is 0.222. The smallest absolute Gasteiger partial charge is 0.130 e. The molecule has 2 N–H and O–H groups in total. The Morgan fingerprint density at radius 3 is 2.90 bits per heavy atom. The average Bonchev–Trinajstić information content (AvgIpc) is 2.41.